The second-order valence-corrected chi connectivity index (χ2v) is 31.9. The van der Waals surface area contributed by atoms with E-state index in [9.17, 15) is 0 Å². The molecule has 24 rings (SSSR count). The summed E-state index contributed by atoms with van der Waals surface area (Å²) in [6.45, 7) is 0. The van der Waals surface area contributed by atoms with E-state index in [0.29, 0.717) is 0 Å². The van der Waals surface area contributed by atoms with E-state index in [1.165, 1.54) is 104 Å². The van der Waals surface area contributed by atoms with Crippen molar-refractivity contribution in [1.29, 1.82) is 0 Å². The van der Waals surface area contributed by atoms with Gasteiger partial charge in [-0.25, -0.2) is 0 Å². The summed E-state index contributed by atoms with van der Waals surface area (Å²) in [5.74, 6) is 0. The monoisotopic (exact) mass is 1580 g/mol. The molecule has 582 valence electrons. The van der Waals surface area contributed by atoms with Crippen molar-refractivity contribution in [3.05, 3.63) is 473 Å². The van der Waals surface area contributed by atoms with Crippen molar-refractivity contribution < 1.29 is 8.83 Å². The molecular weight excluding hydrogens is 1510 g/mol. The molecule has 6 nitrogen and oxygen atoms in total. The minimum absolute atomic E-state index is 0.899. The third-order valence-electron chi connectivity index (χ3n) is 24.7. The quantitative estimate of drug-likeness (QED) is 0.103. The number of fused-ring (bicyclic) bond motifs is 13. The molecule has 0 unspecified atom stereocenters. The summed E-state index contributed by atoms with van der Waals surface area (Å²) in [5.41, 5.74) is 33.6. The van der Waals surface area contributed by atoms with Gasteiger partial charge in [0.15, 0.2) is 0 Å². The molecule has 0 saturated carbocycles. The first-order valence-electron chi connectivity index (χ1n) is 42.3. The van der Waals surface area contributed by atoms with E-state index in [-0.39, 0.29) is 0 Å². The number of hydrogen-bond acceptors (Lipinski definition) is 4. The number of hydrogen-bond donors (Lipinski definition) is 0. The van der Waals surface area contributed by atoms with Crippen LogP contribution in [0.15, 0.2) is 482 Å². The average molecular weight is 1580 g/mol. The van der Waals surface area contributed by atoms with Crippen LogP contribution in [0.25, 0.3) is 188 Å². The van der Waals surface area contributed by atoms with Crippen molar-refractivity contribution in [1.82, 2.24) is 9.13 Å². The predicted molar refractivity (Wildman–Crippen MR) is 521 cm³/mol. The smallest absolute Gasteiger partial charge is 0.136 e. The molecule has 20 aromatic carbocycles. The first-order valence-corrected chi connectivity index (χ1v) is 42.3. The van der Waals surface area contributed by atoms with Crippen LogP contribution >= 0.6 is 0 Å². The number of rotatable bonds is 15. The molecule has 0 spiro atoms. The number of furan rings is 2. The third-order valence-corrected chi connectivity index (χ3v) is 24.7. The van der Waals surface area contributed by atoms with Crippen molar-refractivity contribution >= 4 is 132 Å². The van der Waals surface area contributed by atoms with E-state index < -0.39 is 0 Å². The first kappa shape index (κ1) is 72.7. The van der Waals surface area contributed by atoms with Crippen LogP contribution in [0.2, 0.25) is 0 Å². The number of para-hydroxylation sites is 6. The summed E-state index contributed by atoms with van der Waals surface area (Å²) in [4.78, 5) is 4.69. The number of benzene rings is 20. The van der Waals surface area contributed by atoms with Crippen molar-refractivity contribution in [2.75, 3.05) is 9.80 Å². The number of aromatic nitrogens is 2. The summed E-state index contributed by atoms with van der Waals surface area (Å²) in [5, 5.41) is 12.1. The van der Waals surface area contributed by atoms with Gasteiger partial charge in [0.25, 0.3) is 0 Å². The Hall–Kier alpha value is -16.5. The zero-order valence-electron chi connectivity index (χ0n) is 67.6. The minimum atomic E-state index is 0.899. The summed E-state index contributed by atoms with van der Waals surface area (Å²) < 4.78 is 17.2. The van der Waals surface area contributed by atoms with Gasteiger partial charge in [-0.05, 0) is 252 Å². The van der Waals surface area contributed by atoms with E-state index >= 15 is 0 Å². The molecule has 24 aromatic rings. The van der Waals surface area contributed by atoms with Gasteiger partial charge in [-0.2, -0.15) is 0 Å². The van der Waals surface area contributed by atoms with Gasteiger partial charge in [0.05, 0.1) is 22.1 Å². The molecule has 0 aliphatic carbocycles. The highest BCUT2D eigenvalue weighted by atomic mass is 16.3. The fraction of sp³-hybridized carbons (Fsp3) is 0. The van der Waals surface area contributed by atoms with Gasteiger partial charge >= 0.3 is 0 Å². The van der Waals surface area contributed by atoms with Crippen LogP contribution in [0.5, 0.6) is 0 Å². The molecule has 0 radical (unpaired) electrons. The molecule has 0 aliphatic heterocycles. The molecule has 0 fully saturated rings. The normalized spacial score (nSPS) is 11.5. The summed E-state index contributed by atoms with van der Waals surface area (Å²) in [6, 6.07) is 170. The van der Waals surface area contributed by atoms with E-state index in [0.717, 1.165) is 117 Å². The second-order valence-electron chi connectivity index (χ2n) is 31.9. The number of anilines is 6. The van der Waals surface area contributed by atoms with Gasteiger partial charge in [0, 0.05) is 88.6 Å². The van der Waals surface area contributed by atoms with Gasteiger partial charge in [-0.15, -0.1) is 0 Å². The van der Waals surface area contributed by atoms with Crippen LogP contribution in [0.3, 0.4) is 0 Å². The zero-order chi connectivity index (χ0) is 82.0. The van der Waals surface area contributed by atoms with Crippen LogP contribution in [-0.4, -0.2) is 9.13 Å². The average Bonchev–Trinajstić information content (AvgIpc) is 1.60. The van der Waals surface area contributed by atoms with Crippen LogP contribution < -0.4 is 9.80 Å². The lowest BCUT2D eigenvalue weighted by molar-refractivity contribution is 0.668. The van der Waals surface area contributed by atoms with Gasteiger partial charge in [-0.1, -0.05) is 309 Å². The lowest BCUT2D eigenvalue weighted by atomic mass is 9.98. The molecule has 4 aromatic heterocycles. The lowest BCUT2D eigenvalue weighted by Crippen LogP contribution is -2.10. The fourth-order valence-corrected chi connectivity index (χ4v) is 18.4. The Morgan fingerprint density at radius 1 is 0.145 bits per heavy atom. The molecule has 124 heavy (non-hydrogen) atoms. The van der Waals surface area contributed by atoms with E-state index in [1.807, 2.05) is 24.3 Å². The topological polar surface area (TPSA) is 42.6 Å². The molecule has 0 amide bonds. The maximum absolute atomic E-state index is 6.25. The lowest BCUT2D eigenvalue weighted by Gasteiger charge is -2.26. The maximum atomic E-state index is 6.25. The van der Waals surface area contributed by atoms with E-state index in [4.69, 9.17) is 8.83 Å². The molecule has 0 atom stereocenters. The molecule has 0 bridgehead atoms. The molecule has 4 heterocycles. The van der Waals surface area contributed by atoms with Crippen LogP contribution in [0.4, 0.5) is 34.1 Å². The fourth-order valence-electron chi connectivity index (χ4n) is 18.4. The number of nitrogens with zero attached hydrogens (tertiary/aromatic N) is 4. The minimum Gasteiger partial charge on any atom is -0.456 e. The van der Waals surface area contributed by atoms with Gasteiger partial charge in [0.1, 0.15) is 22.3 Å². The molecule has 0 N–H and O–H groups in total. The summed E-state index contributed by atoms with van der Waals surface area (Å²) in [6.07, 6.45) is 0. The molecule has 0 aliphatic rings. The molecular formula is C118H78N4O2. The van der Waals surface area contributed by atoms with Crippen LogP contribution in [0.1, 0.15) is 0 Å². The Bertz CT molecular complexity index is 7980. The Kier molecular flexibility index (Phi) is 18.2. The Morgan fingerprint density at radius 3 is 0.710 bits per heavy atom. The molecule has 0 saturated heterocycles. The van der Waals surface area contributed by atoms with Crippen molar-refractivity contribution in [2.45, 2.75) is 0 Å². The van der Waals surface area contributed by atoms with Crippen LogP contribution in [-0.2, 0) is 0 Å². The predicted octanol–water partition coefficient (Wildman–Crippen LogP) is 33.1. The Balaban J connectivity index is 0.000000143. The van der Waals surface area contributed by atoms with Gasteiger partial charge in [-0.3, -0.25) is 0 Å². The highest BCUT2D eigenvalue weighted by Crippen LogP contribution is 2.44. The first-order chi connectivity index (χ1) is 61.4. The van der Waals surface area contributed by atoms with Gasteiger partial charge in [0.2, 0.25) is 0 Å². The second kappa shape index (κ2) is 31.0. The van der Waals surface area contributed by atoms with Crippen LogP contribution in [0, 0.1) is 0 Å². The van der Waals surface area contributed by atoms with Gasteiger partial charge < -0.3 is 27.8 Å². The highest BCUT2D eigenvalue weighted by Gasteiger charge is 2.21. The Labute approximate surface area is 717 Å². The van der Waals surface area contributed by atoms with Crippen molar-refractivity contribution in [2.24, 2.45) is 0 Å². The zero-order valence-corrected chi connectivity index (χ0v) is 67.6. The Morgan fingerprint density at radius 2 is 0.371 bits per heavy atom. The largest absolute Gasteiger partial charge is 0.456 e. The summed E-state index contributed by atoms with van der Waals surface area (Å²) in [7, 11) is 0. The van der Waals surface area contributed by atoms with Crippen molar-refractivity contribution in [3.63, 3.8) is 0 Å². The third kappa shape index (κ3) is 13.4. The van der Waals surface area contributed by atoms with Crippen molar-refractivity contribution in [3.8, 4) is 89.3 Å². The van der Waals surface area contributed by atoms with E-state index in [2.05, 4.69) is 468 Å². The summed E-state index contributed by atoms with van der Waals surface area (Å²) >= 11 is 0. The molecule has 6 heteroatoms. The van der Waals surface area contributed by atoms with E-state index in [1.54, 1.807) is 0 Å². The highest BCUT2D eigenvalue weighted by molar-refractivity contribution is 6.12. The maximum Gasteiger partial charge on any atom is 0.136 e. The standard InChI is InChI=1S/C60H40N2O.C58H38N2O/c1-2-10-41(11-3-1)42-18-20-43(21-19-42)45-26-31-49(32-27-45)61(51-35-37-52(38-36-51)62-57-15-7-4-12-53(57)54-13-5-8-16-58(54)62)50-33-28-46(29-34-50)44-22-24-47(25-23-44)48-30-39-56-55-14-6-9-17-59(55)63-60(56)40-48;1-2-10-44-37-45(22-21-39(44)9-1)42-19-17-40(18-20-42)41-23-28-47(29-24-41)59(48-30-25-43(26-31-48)46-27-36-54-53-13-5-8-16-57(53)61-58(54)38-46)49-32-34-50(35-33-49)60-55-14-6-3-11-51(55)52-12-4-7-15-56(52)60/h1-40H;1-38H. The SMILES string of the molecule is c1ccc(-c2ccc(-c3ccc(N(c4ccc(-c5ccc(-c6ccc7c(c6)oc6ccccc67)cc5)cc4)c4ccc(-n5c6ccccc6c6ccccc65)cc4)cc3)cc2)cc1.c1ccc2cc(-c3ccc(-c4ccc(N(c5ccc(-c6ccc7c(c6)oc6ccccc67)cc5)c5ccc(-n6c7ccccc7c7ccccc76)cc5)cc4)cc3)ccc2c1.